The number of aromatic nitrogens is 4. The molecule has 10 nitrogen and oxygen atoms in total. The molecular formula is C15H17Cl2N5O5. The fraction of sp³-hybridized carbons (Fsp3) is 0.533. The van der Waals surface area contributed by atoms with E-state index in [-0.39, 0.29) is 23.3 Å². The van der Waals surface area contributed by atoms with Crippen LogP contribution in [0.2, 0.25) is 10.4 Å². The summed E-state index contributed by atoms with van der Waals surface area (Å²) in [5.74, 6) is -1.40. The summed E-state index contributed by atoms with van der Waals surface area (Å²) in [5, 5.41) is 21.2. The molecular weight excluding hydrogens is 401 g/mol. The number of hydroxylamine groups is 2. The van der Waals surface area contributed by atoms with Crippen LogP contribution >= 0.6 is 23.2 Å². The first-order chi connectivity index (χ1) is 12.7. The Bertz CT molecular complexity index is 891. The third-order valence-electron chi connectivity index (χ3n) is 4.44. The molecule has 3 rings (SSSR count). The average Bonchev–Trinajstić information content (AvgIpc) is 3.16. The second kappa shape index (κ2) is 7.55. The van der Waals surface area contributed by atoms with Crippen LogP contribution in [0.1, 0.15) is 32.7 Å². The Kier molecular flexibility index (Phi) is 5.52. The summed E-state index contributed by atoms with van der Waals surface area (Å²) in [7, 11) is 0. The summed E-state index contributed by atoms with van der Waals surface area (Å²) in [4.78, 5) is 35.2. The van der Waals surface area contributed by atoms with Crippen molar-refractivity contribution in [3.63, 3.8) is 0 Å². The van der Waals surface area contributed by atoms with Crippen molar-refractivity contribution in [3.8, 4) is 0 Å². The van der Waals surface area contributed by atoms with Gasteiger partial charge in [0.05, 0.1) is 24.5 Å². The molecule has 1 aliphatic carbocycles. The molecule has 4 atom stereocenters. The topological polar surface area (TPSA) is 131 Å². The number of halogens is 2. The summed E-state index contributed by atoms with van der Waals surface area (Å²) in [6.45, 7) is 2.53. The number of fused-ring (bicyclic) bond motifs is 1. The summed E-state index contributed by atoms with van der Waals surface area (Å²) in [5.41, 5.74) is 0.672. The molecule has 0 radical (unpaired) electrons. The SMILES string of the molecule is CC(=O)O[C@@H](C)C(=O)N(O)C1C[C@@H](n2cnc3c(Cl)nc(Cl)nc32)[C@@H](O)C1. The van der Waals surface area contributed by atoms with Crippen LogP contribution in [0.4, 0.5) is 0 Å². The third kappa shape index (κ3) is 3.84. The Morgan fingerprint density at radius 1 is 1.37 bits per heavy atom. The molecule has 0 spiro atoms. The van der Waals surface area contributed by atoms with E-state index in [1.807, 2.05) is 0 Å². The van der Waals surface area contributed by atoms with Gasteiger partial charge < -0.3 is 14.4 Å². The summed E-state index contributed by atoms with van der Waals surface area (Å²) < 4.78 is 6.38. The van der Waals surface area contributed by atoms with E-state index in [0.29, 0.717) is 16.2 Å². The van der Waals surface area contributed by atoms with E-state index in [1.165, 1.54) is 20.2 Å². The number of hydrogen-bond donors (Lipinski definition) is 2. The number of aliphatic hydroxyl groups is 1. The van der Waals surface area contributed by atoms with Crippen LogP contribution in [0, 0.1) is 0 Å². The summed E-state index contributed by atoms with van der Waals surface area (Å²) >= 11 is 11.9. The van der Waals surface area contributed by atoms with E-state index in [2.05, 4.69) is 15.0 Å². The minimum Gasteiger partial charge on any atom is -0.453 e. The number of amides is 1. The lowest BCUT2D eigenvalue weighted by Crippen LogP contribution is -2.43. The highest BCUT2D eigenvalue weighted by Gasteiger charge is 2.41. The smallest absolute Gasteiger partial charge is 0.303 e. The van der Waals surface area contributed by atoms with Gasteiger partial charge in [-0.2, -0.15) is 4.98 Å². The molecule has 27 heavy (non-hydrogen) atoms. The van der Waals surface area contributed by atoms with Gasteiger partial charge in [-0.15, -0.1) is 0 Å². The van der Waals surface area contributed by atoms with Crippen LogP contribution in [0.3, 0.4) is 0 Å². The largest absolute Gasteiger partial charge is 0.453 e. The van der Waals surface area contributed by atoms with E-state index in [4.69, 9.17) is 27.9 Å². The molecule has 1 aliphatic rings. The number of imidazole rings is 1. The molecule has 12 heteroatoms. The second-order valence-corrected chi connectivity index (χ2v) is 7.00. The number of nitrogens with zero attached hydrogens (tertiary/aromatic N) is 5. The monoisotopic (exact) mass is 417 g/mol. The maximum atomic E-state index is 12.2. The summed E-state index contributed by atoms with van der Waals surface area (Å²) in [6, 6.07) is -1.20. The number of carbonyl (C=O) groups is 2. The van der Waals surface area contributed by atoms with Gasteiger partial charge in [-0.3, -0.25) is 14.8 Å². The predicted molar refractivity (Wildman–Crippen MR) is 93.3 cm³/mol. The van der Waals surface area contributed by atoms with Crippen molar-refractivity contribution in [2.45, 2.75) is 51.0 Å². The molecule has 1 unspecified atom stereocenters. The molecule has 0 saturated heterocycles. The molecule has 0 aromatic carbocycles. The maximum absolute atomic E-state index is 12.2. The molecule has 2 N–H and O–H groups in total. The van der Waals surface area contributed by atoms with Gasteiger partial charge in [-0.25, -0.2) is 15.0 Å². The van der Waals surface area contributed by atoms with Crippen LogP contribution in [0.25, 0.3) is 11.2 Å². The zero-order valence-corrected chi connectivity index (χ0v) is 15.9. The van der Waals surface area contributed by atoms with Crippen molar-refractivity contribution in [2.75, 3.05) is 0 Å². The molecule has 1 saturated carbocycles. The molecule has 1 fully saturated rings. The van der Waals surface area contributed by atoms with E-state index >= 15 is 0 Å². The Morgan fingerprint density at radius 2 is 2.07 bits per heavy atom. The Morgan fingerprint density at radius 3 is 2.74 bits per heavy atom. The van der Waals surface area contributed by atoms with E-state index in [0.717, 1.165) is 0 Å². The quantitative estimate of drug-likeness (QED) is 0.250. The van der Waals surface area contributed by atoms with Crippen molar-refractivity contribution in [1.82, 2.24) is 24.6 Å². The van der Waals surface area contributed by atoms with Crippen molar-refractivity contribution >= 4 is 46.2 Å². The van der Waals surface area contributed by atoms with Gasteiger partial charge in [0.1, 0.15) is 5.52 Å². The highest BCUT2D eigenvalue weighted by molar-refractivity contribution is 6.35. The average molecular weight is 418 g/mol. The van der Waals surface area contributed by atoms with E-state index < -0.39 is 36.2 Å². The second-order valence-electron chi connectivity index (χ2n) is 6.30. The Hall–Kier alpha value is -2.01. The number of carbonyl (C=O) groups excluding carboxylic acids is 2. The standard InChI is InChI=1S/C15H17Cl2N5O5/c1-6(27-7(2)23)14(25)22(26)8-3-9(10(24)4-8)21-5-18-11-12(16)19-15(17)20-13(11)21/h5-6,8-10,24,26H,3-4H2,1-2H3/t6-,8?,9+,10-/m0/s1. The molecule has 0 bridgehead atoms. The zero-order valence-electron chi connectivity index (χ0n) is 14.4. The Labute approximate surface area is 163 Å². The molecule has 0 aliphatic heterocycles. The van der Waals surface area contributed by atoms with Crippen LogP contribution in [0.5, 0.6) is 0 Å². The van der Waals surface area contributed by atoms with Gasteiger partial charge in [0.25, 0.3) is 5.91 Å². The van der Waals surface area contributed by atoms with E-state index in [9.17, 15) is 19.9 Å². The maximum Gasteiger partial charge on any atom is 0.303 e. The first kappa shape index (κ1) is 19.7. The summed E-state index contributed by atoms with van der Waals surface area (Å²) in [6.07, 6.45) is -0.232. The van der Waals surface area contributed by atoms with Crippen LogP contribution < -0.4 is 0 Å². The lowest BCUT2D eigenvalue weighted by Gasteiger charge is -2.24. The molecule has 2 aromatic heterocycles. The lowest BCUT2D eigenvalue weighted by atomic mass is 10.2. The molecule has 146 valence electrons. The van der Waals surface area contributed by atoms with Gasteiger partial charge in [0, 0.05) is 6.92 Å². The van der Waals surface area contributed by atoms with Crippen molar-refractivity contribution in [1.29, 1.82) is 0 Å². The number of hydrogen-bond acceptors (Lipinski definition) is 8. The zero-order chi connectivity index (χ0) is 19.9. The highest BCUT2D eigenvalue weighted by Crippen LogP contribution is 2.35. The number of ether oxygens (including phenoxy) is 1. The minimum absolute atomic E-state index is 0.0625. The lowest BCUT2D eigenvalue weighted by molar-refractivity contribution is -0.189. The fourth-order valence-electron chi connectivity index (χ4n) is 3.23. The molecule has 2 heterocycles. The predicted octanol–water partition coefficient (Wildman–Crippen LogP) is 1.37. The number of esters is 1. The first-order valence-electron chi connectivity index (χ1n) is 8.11. The first-order valence-corrected chi connectivity index (χ1v) is 8.87. The minimum atomic E-state index is -1.14. The van der Waals surface area contributed by atoms with Crippen LogP contribution in [-0.2, 0) is 14.3 Å². The van der Waals surface area contributed by atoms with Crippen molar-refractivity contribution < 1.29 is 24.6 Å². The Balaban J connectivity index is 1.81. The van der Waals surface area contributed by atoms with Crippen molar-refractivity contribution in [3.05, 3.63) is 16.8 Å². The van der Waals surface area contributed by atoms with Gasteiger partial charge in [-0.1, -0.05) is 11.6 Å². The van der Waals surface area contributed by atoms with Gasteiger partial charge in [-0.05, 0) is 31.4 Å². The highest BCUT2D eigenvalue weighted by atomic mass is 35.5. The van der Waals surface area contributed by atoms with Crippen LogP contribution in [0.15, 0.2) is 6.33 Å². The van der Waals surface area contributed by atoms with Gasteiger partial charge >= 0.3 is 5.97 Å². The fourth-order valence-corrected chi connectivity index (χ4v) is 3.65. The molecule has 1 amide bonds. The van der Waals surface area contributed by atoms with E-state index in [1.54, 1.807) is 4.57 Å². The normalized spacial score (nSPS) is 23.4. The number of aliphatic hydroxyl groups excluding tert-OH is 1. The number of rotatable bonds is 4. The van der Waals surface area contributed by atoms with Crippen LogP contribution in [-0.4, -0.2) is 65.0 Å². The molecule has 2 aromatic rings. The van der Waals surface area contributed by atoms with Gasteiger partial charge in [0.2, 0.25) is 5.28 Å². The van der Waals surface area contributed by atoms with Gasteiger partial charge in [0.15, 0.2) is 16.9 Å². The third-order valence-corrected chi connectivity index (χ3v) is 4.87. The van der Waals surface area contributed by atoms with Crippen molar-refractivity contribution in [2.24, 2.45) is 0 Å².